The Balaban J connectivity index is 2.09. The maximum Gasteiger partial charge on any atom is 0.238 e. The molecule has 0 atom stereocenters. The summed E-state index contributed by atoms with van der Waals surface area (Å²) in [5.74, 6) is 0.290. The molecule has 0 radical (unpaired) electrons. The second-order valence-electron chi connectivity index (χ2n) is 8.64. The summed E-state index contributed by atoms with van der Waals surface area (Å²) in [6.45, 7) is 7.78. The number of ether oxygens (including phenoxy) is 2. The van der Waals surface area contributed by atoms with Crippen molar-refractivity contribution in [3.8, 4) is 34.3 Å². The zero-order chi connectivity index (χ0) is 23.2. The van der Waals surface area contributed by atoms with Crippen LogP contribution in [0.3, 0.4) is 0 Å². The maximum absolute atomic E-state index is 13.2. The van der Waals surface area contributed by atoms with Crippen molar-refractivity contribution in [2.24, 2.45) is 0 Å². The monoisotopic (exact) mass is 434 g/mol. The molecule has 1 aromatic heterocycles. The van der Waals surface area contributed by atoms with Crippen molar-refractivity contribution in [3.05, 3.63) is 63.3 Å². The molecule has 6 nitrogen and oxygen atoms in total. The van der Waals surface area contributed by atoms with Crippen LogP contribution in [0, 0.1) is 0 Å². The number of fused-ring (bicyclic) bond motifs is 2. The first-order valence-corrected chi connectivity index (χ1v) is 10.4. The molecule has 2 aromatic carbocycles. The van der Waals surface area contributed by atoms with Crippen molar-refractivity contribution >= 4 is 17.0 Å². The lowest BCUT2D eigenvalue weighted by molar-refractivity contribution is 0.157. The summed E-state index contributed by atoms with van der Waals surface area (Å²) in [6.07, 6.45) is 5.99. The second kappa shape index (κ2) is 7.79. The SMILES string of the molecule is COc1ccc(-c2oc3c(CC=C(C)C)c4c(c(O)c3c(=O)c2O)C=CC(C)(C)O4)cc1. The molecule has 0 amide bonds. The quantitative estimate of drug-likeness (QED) is 0.522. The van der Waals surface area contributed by atoms with Gasteiger partial charge in [-0.25, -0.2) is 0 Å². The molecule has 6 heteroatoms. The number of methoxy groups -OCH3 is 1. The van der Waals surface area contributed by atoms with Crippen LogP contribution in [-0.4, -0.2) is 22.9 Å². The average Bonchev–Trinajstić information content (AvgIpc) is 2.75. The van der Waals surface area contributed by atoms with Crippen molar-refractivity contribution in [1.82, 2.24) is 0 Å². The minimum absolute atomic E-state index is 0.0218. The van der Waals surface area contributed by atoms with Crippen LogP contribution in [-0.2, 0) is 6.42 Å². The van der Waals surface area contributed by atoms with Crippen molar-refractivity contribution < 1.29 is 24.1 Å². The van der Waals surface area contributed by atoms with Gasteiger partial charge in [0.05, 0.1) is 12.7 Å². The van der Waals surface area contributed by atoms with Crippen LogP contribution in [0.2, 0.25) is 0 Å². The molecule has 1 aliphatic rings. The summed E-state index contributed by atoms with van der Waals surface area (Å²) in [5, 5.41) is 21.6. The van der Waals surface area contributed by atoms with Crippen LogP contribution in [0.15, 0.2) is 51.2 Å². The van der Waals surface area contributed by atoms with E-state index in [4.69, 9.17) is 13.9 Å². The highest BCUT2D eigenvalue weighted by Crippen LogP contribution is 2.46. The third-order valence-corrected chi connectivity index (χ3v) is 5.46. The maximum atomic E-state index is 13.2. The van der Waals surface area contributed by atoms with E-state index in [9.17, 15) is 15.0 Å². The van der Waals surface area contributed by atoms with Crippen molar-refractivity contribution in [2.45, 2.75) is 39.7 Å². The fourth-order valence-corrected chi connectivity index (χ4v) is 3.74. The molecule has 32 heavy (non-hydrogen) atoms. The Hall–Kier alpha value is -3.67. The molecule has 0 saturated heterocycles. The van der Waals surface area contributed by atoms with E-state index < -0.39 is 16.8 Å². The summed E-state index contributed by atoms with van der Waals surface area (Å²) in [6, 6.07) is 6.81. The zero-order valence-corrected chi connectivity index (χ0v) is 18.8. The number of phenolic OH excluding ortho intramolecular Hbond substituents is 1. The molecule has 166 valence electrons. The molecule has 2 N–H and O–H groups in total. The predicted molar refractivity (Wildman–Crippen MR) is 125 cm³/mol. The Kier molecular flexibility index (Phi) is 5.25. The number of allylic oxidation sites excluding steroid dienone is 2. The summed E-state index contributed by atoms with van der Waals surface area (Å²) < 4.78 is 17.5. The largest absolute Gasteiger partial charge is 0.506 e. The van der Waals surface area contributed by atoms with Gasteiger partial charge in [-0.05, 0) is 70.5 Å². The summed E-state index contributed by atoms with van der Waals surface area (Å²) in [4.78, 5) is 13.2. The van der Waals surface area contributed by atoms with Gasteiger partial charge < -0.3 is 24.1 Å². The zero-order valence-electron chi connectivity index (χ0n) is 18.8. The highest BCUT2D eigenvalue weighted by Gasteiger charge is 2.31. The Morgan fingerprint density at radius 2 is 1.81 bits per heavy atom. The first-order chi connectivity index (χ1) is 15.1. The molecular formula is C26H26O6. The van der Waals surface area contributed by atoms with Crippen molar-refractivity contribution in [2.75, 3.05) is 7.11 Å². The van der Waals surface area contributed by atoms with Gasteiger partial charge in [-0.1, -0.05) is 11.6 Å². The van der Waals surface area contributed by atoms with Crippen LogP contribution in [0.1, 0.15) is 38.8 Å². The van der Waals surface area contributed by atoms with Crippen LogP contribution in [0.4, 0.5) is 0 Å². The molecule has 0 spiro atoms. The molecule has 4 rings (SSSR count). The highest BCUT2D eigenvalue weighted by molar-refractivity contribution is 5.96. The van der Waals surface area contributed by atoms with Gasteiger partial charge in [0.1, 0.15) is 33.8 Å². The summed E-state index contributed by atoms with van der Waals surface area (Å²) in [7, 11) is 1.56. The predicted octanol–water partition coefficient (Wildman–Crippen LogP) is 5.57. The van der Waals surface area contributed by atoms with Crippen LogP contribution < -0.4 is 14.9 Å². The number of hydrogen-bond donors (Lipinski definition) is 2. The van der Waals surface area contributed by atoms with Crippen LogP contribution >= 0.6 is 0 Å². The lowest BCUT2D eigenvalue weighted by Gasteiger charge is -2.30. The normalized spacial score (nSPS) is 14.0. The number of rotatable bonds is 4. The van der Waals surface area contributed by atoms with E-state index in [1.807, 2.05) is 39.8 Å². The number of benzene rings is 2. The van der Waals surface area contributed by atoms with Gasteiger partial charge in [0.2, 0.25) is 11.2 Å². The first kappa shape index (κ1) is 21.6. The van der Waals surface area contributed by atoms with Gasteiger partial charge in [-0.15, -0.1) is 0 Å². The van der Waals surface area contributed by atoms with E-state index in [1.165, 1.54) is 0 Å². The topological polar surface area (TPSA) is 89.1 Å². The van der Waals surface area contributed by atoms with E-state index in [-0.39, 0.29) is 22.5 Å². The summed E-state index contributed by atoms with van der Waals surface area (Å²) in [5.41, 5.74) is 1.53. The average molecular weight is 434 g/mol. The molecule has 1 aliphatic heterocycles. The third kappa shape index (κ3) is 3.62. The van der Waals surface area contributed by atoms with E-state index in [0.717, 1.165) is 5.57 Å². The van der Waals surface area contributed by atoms with Gasteiger partial charge in [0.15, 0.2) is 5.76 Å². The number of phenols is 1. The van der Waals surface area contributed by atoms with Gasteiger partial charge in [0, 0.05) is 11.1 Å². The third-order valence-electron chi connectivity index (χ3n) is 5.46. The Bertz CT molecular complexity index is 1320. The molecule has 0 bridgehead atoms. The molecule has 2 heterocycles. The van der Waals surface area contributed by atoms with E-state index in [1.54, 1.807) is 37.5 Å². The number of aromatic hydroxyl groups is 2. The second-order valence-corrected chi connectivity index (χ2v) is 8.64. The molecule has 0 unspecified atom stereocenters. The highest BCUT2D eigenvalue weighted by atomic mass is 16.5. The standard InChI is InChI=1S/C26H26O6/c1-14(2)6-11-18-24-17(12-13-26(3,4)32-24)20(27)19-21(28)22(29)23(31-25(18)19)15-7-9-16(30-5)10-8-15/h6-10,12-13,27,29H,11H2,1-5H3. The van der Waals surface area contributed by atoms with E-state index in [0.29, 0.717) is 34.6 Å². The molecule has 3 aromatic rings. The van der Waals surface area contributed by atoms with Crippen molar-refractivity contribution in [3.63, 3.8) is 0 Å². The van der Waals surface area contributed by atoms with Crippen molar-refractivity contribution in [1.29, 1.82) is 0 Å². The fourth-order valence-electron chi connectivity index (χ4n) is 3.74. The van der Waals surface area contributed by atoms with E-state index >= 15 is 0 Å². The van der Waals surface area contributed by atoms with Gasteiger partial charge in [-0.2, -0.15) is 0 Å². The lowest BCUT2D eigenvalue weighted by atomic mass is 9.94. The van der Waals surface area contributed by atoms with Gasteiger partial charge >= 0.3 is 0 Å². The summed E-state index contributed by atoms with van der Waals surface area (Å²) >= 11 is 0. The lowest BCUT2D eigenvalue weighted by Crippen LogP contribution is -2.28. The minimum Gasteiger partial charge on any atom is -0.506 e. The van der Waals surface area contributed by atoms with E-state index in [2.05, 4.69) is 0 Å². The Morgan fingerprint density at radius 1 is 1.12 bits per heavy atom. The smallest absolute Gasteiger partial charge is 0.238 e. The molecule has 0 aliphatic carbocycles. The molecule has 0 fully saturated rings. The van der Waals surface area contributed by atoms with Gasteiger partial charge in [0.25, 0.3) is 0 Å². The fraction of sp³-hybridized carbons (Fsp3) is 0.269. The first-order valence-electron chi connectivity index (χ1n) is 10.4. The van der Waals surface area contributed by atoms with Gasteiger partial charge in [-0.3, -0.25) is 4.79 Å². The Morgan fingerprint density at radius 3 is 2.44 bits per heavy atom. The molecular weight excluding hydrogens is 408 g/mol. The van der Waals surface area contributed by atoms with Crippen LogP contribution in [0.5, 0.6) is 23.0 Å². The Labute approximate surface area is 186 Å². The minimum atomic E-state index is -0.700. The van der Waals surface area contributed by atoms with Crippen LogP contribution in [0.25, 0.3) is 28.4 Å². The molecule has 0 saturated carbocycles. The number of hydrogen-bond acceptors (Lipinski definition) is 6.